The number of hydrogen-bond donors (Lipinski definition) is 4. The lowest BCUT2D eigenvalue weighted by Gasteiger charge is -2.10. The Hall–Kier alpha value is -0.920. The molecule has 7 heteroatoms. The van der Waals surface area contributed by atoms with E-state index in [-0.39, 0.29) is 18.3 Å². The molecule has 0 bridgehead atoms. The highest BCUT2D eigenvalue weighted by Gasteiger charge is 2.09. The maximum Gasteiger partial charge on any atom is 0.186 e. The summed E-state index contributed by atoms with van der Waals surface area (Å²) in [5, 5.41) is 19.2. The van der Waals surface area contributed by atoms with Gasteiger partial charge in [0, 0.05) is 4.90 Å². The fraction of sp³-hybridized carbons (Fsp3) is 0.222. The van der Waals surface area contributed by atoms with Gasteiger partial charge in [-0.15, -0.1) is 0 Å². The number of nitrogens with zero attached hydrogens (tertiary/aromatic N) is 1. The van der Waals surface area contributed by atoms with Crippen LogP contribution in [0, 0.1) is 0 Å². The van der Waals surface area contributed by atoms with E-state index in [2.05, 4.69) is 19.8 Å². The predicted molar refractivity (Wildman–Crippen MR) is 68.5 cm³/mol. The second kappa shape index (κ2) is 5.97. The van der Waals surface area contributed by atoms with E-state index >= 15 is 0 Å². The second-order valence-electron chi connectivity index (χ2n) is 3.12. The first-order chi connectivity index (χ1) is 7.52. The van der Waals surface area contributed by atoms with Crippen molar-refractivity contribution >= 4 is 31.0 Å². The predicted octanol–water partition coefficient (Wildman–Crippen LogP) is 1.10. The Morgan fingerprint density at radius 1 is 1.44 bits per heavy atom. The molecule has 0 aliphatic carbocycles. The Morgan fingerprint density at radius 3 is 2.69 bits per heavy atom. The third-order valence-corrected chi connectivity index (χ3v) is 3.37. The van der Waals surface area contributed by atoms with Gasteiger partial charge in [-0.05, 0) is 48.8 Å². The van der Waals surface area contributed by atoms with E-state index in [9.17, 15) is 10.2 Å². The topological polar surface area (TPSA) is 105 Å². The molecule has 0 heterocycles. The zero-order chi connectivity index (χ0) is 12.1. The van der Waals surface area contributed by atoms with E-state index in [4.69, 9.17) is 11.5 Å². The standard InChI is InChI=1S/C9H12BrN3O2S/c10-16-7-2-5(1-6(14)3-7)8(15)4-13-9(11)12/h1-3,8,14-15H,4H2,(H4,11,12,13). The molecular weight excluding hydrogens is 294 g/mol. The van der Waals surface area contributed by atoms with Gasteiger partial charge in [0.15, 0.2) is 5.96 Å². The molecule has 1 atom stereocenters. The van der Waals surface area contributed by atoms with Crippen molar-refractivity contribution in [3.8, 4) is 5.75 Å². The lowest BCUT2D eigenvalue weighted by atomic mass is 10.1. The molecule has 0 saturated carbocycles. The van der Waals surface area contributed by atoms with Crippen LogP contribution < -0.4 is 11.5 Å². The third-order valence-electron chi connectivity index (χ3n) is 1.83. The molecule has 88 valence electrons. The highest BCUT2D eigenvalue weighted by molar-refractivity contribution is 9.50. The Bertz CT molecular complexity index is 396. The molecule has 0 aliphatic rings. The number of phenols is 1. The zero-order valence-electron chi connectivity index (χ0n) is 8.30. The number of hydrogen-bond acceptors (Lipinski definition) is 4. The van der Waals surface area contributed by atoms with E-state index in [0.717, 1.165) is 4.90 Å². The van der Waals surface area contributed by atoms with Gasteiger partial charge in [0.25, 0.3) is 0 Å². The summed E-state index contributed by atoms with van der Waals surface area (Å²) in [5.74, 6) is 0.0116. The number of benzene rings is 1. The number of aliphatic hydroxyl groups is 1. The number of halogens is 1. The van der Waals surface area contributed by atoms with Crippen molar-refractivity contribution in [2.75, 3.05) is 6.54 Å². The summed E-state index contributed by atoms with van der Waals surface area (Å²) in [6.45, 7) is 0.0676. The molecule has 1 rings (SSSR count). The molecule has 0 aromatic heterocycles. The summed E-state index contributed by atoms with van der Waals surface area (Å²) >= 11 is 3.19. The van der Waals surface area contributed by atoms with Crippen LogP contribution in [0.4, 0.5) is 0 Å². The Labute approximate surface area is 105 Å². The van der Waals surface area contributed by atoms with Crippen LogP contribution in [0.2, 0.25) is 0 Å². The van der Waals surface area contributed by atoms with Gasteiger partial charge in [-0.2, -0.15) is 0 Å². The van der Waals surface area contributed by atoms with E-state index in [1.807, 2.05) is 0 Å². The molecule has 1 aromatic rings. The average molecular weight is 306 g/mol. The Balaban J connectivity index is 2.86. The van der Waals surface area contributed by atoms with Gasteiger partial charge in [-0.25, -0.2) is 0 Å². The maximum absolute atomic E-state index is 9.76. The van der Waals surface area contributed by atoms with Crippen molar-refractivity contribution in [3.63, 3.8) is 0 Å². The molecule has 0 spiro atoms. The van der Waals surface area contributed by atoms with Crippen LogP contribution in [-0.2, 0) is 0 Å². The van der Waals surface area contributed by atoms with E-state index in [0.29, 0.717) is 5.56 Å². The monoisotopic (exact) mass is 305 g/mol. The van der Waals surface area contributed by atoms with Crippen molar-refractivity contribution in [2.24, 2.45) is 16.5 Å². The molecule has 1 aromatic carbocycles. The Kier molecular flexibility index (Phi) is 4.91. The number of nitrogens with two attached hydrogens (primary N) is 2. The molecule has 0 saturated heterocycles. The van der Waals surface area contributed by atoms with E-state index < -0.39 is 6.10 Å². The summed E-state index contributed by atoms with van der Waals surface area (Å²) in [4.78, 5) is 4.50. The summed E-state index contributed by atoms with van der Waals surface area (Å²) in [7, 11) is 1.30. The molecule has 5 nitrogen and oxygen atoms in total. The van der Waals surface area contributed by atoms with Crippen molar-refractivity contribution in [3.05, 3.63) is 23.8 Å². The lowest BCUT2D eigenvalue weighted by Crippen LogP contribution is -2.23. The minimum Gasteiger partial charge on any atom is -0.508 e. The van der Waals surface area contributed by atoms with Gasteiger partial charge < -0.3 is 21.7 Å². The fourth-order valence-electron chi connectivity index (χ4n) is 1.14. The van der Waals surface area contributed by atoms with Crippen molar-refractivity contribution < 1.29 is 10.2 Å². The van der Waals surface area contributed by atoms with Gasteiger partial charge in [-0.3, -0.25) is 4.99 Å². The number of phenolic OH excluding ortho intramolecular Hbond substituents is 1. The van der Waals surface area contributed by atoms with Crippen LogP contribution in [0.3, 0.4) is 0 Å². The van der Waals surface area contributed by atoms with Gasteiger partial charge in [0.2, 0.25) is 0 Å². The SMILES string of the molecule is NC(N)=NCC(O)c1cc(O)cc(SBr)c1. The van der Waals surface area contributed by atoms with Crippen LogP contribution in [0.1, 0.15) is 11.7 Å². The highest BCUT2D eigenvalue weighted by atomic mass is 79.9. The van der Waals surface area contributed by atoms with E-state index in [1.54, 1.807) is 12.1 Å². The van der Waals surface area contributed by atoms with Crippen LogP contribution in [0.5, 0.6) is 5.75 Å². The minimum atomic E-state index is -0.840. The van der Waals surface area contributed by atoms with Crippen molar-refractivity contribution in [1.82, 2.24) is 0 Å². The molecule has 0 amide bonds. The van der Waals surface area contributed by atoms with Gasteiger partial charge in [-0.1, -0.05) is 0 Å². The quantitative estimate of drug-likeness (QED) is 0.492. The highest BCUT2D eigenvalue weighted by Crippen LogP contribution is 2.30. The number of aliphatic imine (C=N–C) groups is 1. The van der Waals surface area contributed by atoms with Crippen molar-refractivity contribution in [2.45, 2.75) is 11.0 Å². The molecule has 0 aliphatic heterocycles. The first kappa shape index (κ1) is 13.1. The molecule has 6 N–H and O–H groups in total. The number of aromatic hydroxyl groups is 1. The summed E-state index contributed by atoms with van der Waals surface area (Å²) in [6, 6.07) is 4.79. The first-order valence-corrected chi connectivity index (χ1v) is 7.05. The summed E-state index contributed by atoms with van der Waals surface area (Å²) in [6.07, 6.45) is -0.840. The maximum atomic E-state index is 9.76. The summed E-state index contributed by atoms with van der Waals surface area (Å²) in [5.41, 5.74) is 10.9. The largest absolute Gasteiger partial charge is 0.508 e. The third kappa shape index (κ3) is 3.92. The second-order valence-corrected chi connectivity index (χ2v) is 4.72. The fourth-order valence-corrected chi connectivity index (χ4v) is 2.05. The lowest BCUT2D eigenvalue weighted by molar-refractivity contribution is 0.186. The smallest absolute Gasteiger partial charge is 0.186 e. The van der Waals surface area contributed by atoms with Gasteiger partial charge >= 0.3 is 0 Å². The molecule has 1 unspecified atom stereocenters. The number of aliphatic hydroxyl groups excluding tert-OH is 1. The normalized spacial score (nSPS) is 12.1. The average Bonchev–Trinajstić information content (AvgIpc) is 2.24. The molecule has 0 fully saturated rings. The zero-order valence-corrected chi connectivity index (χ0v) is 10.7. The Morgan fingerprint density at radius 2 is 2.12 bits per heavy atom. The summed E-state index contributed by atoms with van der Waals surface area (Å²) < 4.78 is 0. The van der Waals surface area contributed by atoms with Crippen LogP contribution in [0.15, 0.2) is 28.1 Å². The number of guanidine groups is 1. The van der Waals surface area contributed by atoms with Crippen LogP contribution in [0.25, 0.3) is 0 Å². The van der Waals surface area contributed by atoms with Gasteiger partial charge in [0.1, 0.15) is 5.75 Å². The first-order valence-electron chi connectivity index (χ1n) is 4.39. The molecule has 16 heavy (non-hydrogen) atoms. The van der Waals surface area contributed by atoms with E-state index in [1.165, 1.54) is 16.3 Å². The molecule has 0 radical (unpaired) electrons. The van der Waals surface area contributed by atoms with Crippen LogP contribution >= 0.6 is 25.0 Å². The number of rotatable bonds is 4. The van der Waals surface area contributed by atoms with Crippen LogP contribution in [-0.4, -0.2) is 22.7 Å². The van der Waals surface area contributed by atoms with Gasteiger partial charge in [0.05, 0.1) is 12.6 Å². The minimum absolute atomic E-state index is 0.0676. The molecular formula is C9H12BrN3O2S. The van der Waals surface area contributed by atoms with Crippen molar-refractivity contribution in [1.29, 1.82) is 0 Å².